The molecule has 108 valence electrons. The summed E-state index contributed by atoms with van der Waals surface area (Å²) in [5.41, 5.74) is 12.6. The predicted molar refractivity (Wildman–Crippen MR) is 83.9 cm³/mol. The van der Waals surface area contributed by atoms with E-state index < -0.39 is 0 Å². The molecule has 0 spiro atoms. The van der Waals surface area contributed by atoms with Gasteiger partial charge >= 0.3 is 0 Å². The van der Waals surface area contributed by atoms with Crippen LogP contribution in [0.15, 0.2) is 24.3 Å². The summed E-state index contributed by atoms with van der Waals surface area (Å²) in [6, 6.07) is 8.93. The number of nitrogens with zero attached hydrogens (tertiary/aromatic N) is 2. The number of hydrogen-bond acceptors (Lipinski definition) is 2. The van der Waals surface area contributed by atoms with Gasteiger partial charge in [-0.1, -0.05) is 31.2 Å². The van der Waals surface area contributed by atoms with Crippen LogP contribution in [0.1, 0.15) is 35.0 Å². The molecule has 2 aromatic rings. The number of aromatic nitrogens is 2. The highest BCUT2D eigenvalue weighted by Crippen LogP contribution is 2.15. The van der Waals surface area contributed by atoms with Crippen molar-refractivity contribution in [1.29, 1.82) is 0 Å². The minimum Gasteiger partial charge on any atom is -0.327 e. The fourth-order valence-corrected chi connectivity index (χ4v) is 2.66. The van der Waals surface area contributed by atoms with Crippen molar-refractivity contribution < 1.29 is 0 Å². The molecular weight excluding hydrogens is 246 g/mol. The summed E-state index contributed by atoms with van der Waals surface area (Å²) in [5, 5.41) is 4.45. The van der Waals surface area contributed by atoms with Crippen molar-refractivity contribution in [2.75, 3.05) is 0 Å². The van der Waals surface area contributed by atoms with Gasteiger partial charge in [-0.25, -0.2) is 0 Å². The highest BCUT2D eigenvalue weighted by Gasteiger charge is 2.13. The summed E-state index contributed by atoms with van der Waals surface area (Å²) < 4.78 is 1.94. The Morgan fingerprint density at radius 3 is 2.20 bits per heavy atom. The Bertz CT molecular complexity index is 567. The molecule has 1 aromatic heterocycles. The van der Waals surface area contributed by atoms with Gasteiger partial charge in [0.05, 0.1) is 5.69 Å². The standard InChI is InChI=1S/C17H25N3/c1-5-14-6-8-15(9-7-14)10-16(18)11-17-12(2)19-20(4)13(17)3/h6-9,16H,5,10-11,18H2,1-4H3. The number of benzene rings is 1. The van der Waals surface area contributed by atoms with Crippen LogP contribution in [0.2, 0.25) is 0 Å². The molecule has 3 nitrogen and oxygen atoms in total. The fraction of sp³-hybridized carbons (Fsp3) is 0.471. The fourth-order valence-electron chi connectivity index (χ4n) is 2.66. The van der Waals surface area contributed by atoms with E-state index >= 15 is 0 Å². The normalized spacial score (nSPS) is 12.7. The molecular formula is C17H25N3. The van der Waals surface area contributed by atoms with E-state index in [1.807, 2.05) is 11.7 Å². The van der Waals surface area contributed by atoms with Crippen LogP contribution in [-0.2, 0) is 26.3 Å². The largest absolute Gasteiger partial charge is 0.327 e. The van der Waals surface area contributed by atoms with E-state index in [2.05, 4.69) is 50.1 Å². The Kier molecular flexibility index (Phi) is 4.61. The van der Waals surface area contributed by atoms with Gasteiger partial charge in [-0.2, -0.15) is 5.10 Å². The summed E-state index contributed by atoms with van der Waals surface area (Å²) in [7, 11) is 1.99. The van der Waals surface area contributed by atoms with Gasteiger partial charge in [-0.3, -0.25) is 4.68 Å². The van der Waals surface area contributed by atoms with E-state index in [9.17, 15) is 0 Å². The van der Waals surface area contributed by atoms with Crippen LogP contribution < -0.4 is 5.73 Å². The second kappa shape index (κ2) is 6.23. The lowest BCUT2D eigenvalue weighted by atomic mass is 9.98. The Hall–Kier alpha value is -1.61. The van der Waals surface area contributed by atoms with E-state index in [1.165, 1.54) is 22.4 Å². The van der Waals surface area contributed by atoms with E-state index in [-0.39, 0.29) is 6.04 Å². The molecule has 3 heteroatoms. The van der Waals surface area contributed by atoms with Crippen LogP contribution in [0, 0.1) is 13.8 Å². The lowest BCUT2D eigenvalue weighted by Gasteiger charge is -2.12. The van der Waals surface area contributed by atoms with Crippen molar-refractivity contribution in [2.45, 2.75) is 46.1 Å². The van der Waals surface area contributed by atoms with Gasteiger partial charge in [0.1, 0.15) is 0 Å². The second-order valence-electron chi connectivity index (χ2n) is 5.61. The van der Waals surface area contributed by atoms with Crippen LogP contribution in [0.5, 0.6) is 0 Å². The van der Waals surface area contributed by atoms with Crippen molar-refractivity contribution >= 4 is 0 Å². The van der Waals surface area contributed by atoms with Crippen molar-refractivity contribution in [3.8, 4) is 0 Å². The summed E-state index contributed by atoms with van der Waals surface area (Å²) in [6.07, 6.45) is 2.89. The molecule has 2 N–H and O–H groups in total. The molecule has 1 aromatic carbocycles. The van der Waals surface area contributed by atoms with Crippen LogP contribution in [0.3, 0.4) is 0 Å². The summed E-state index contributed by atoms with van der Waals surface area (Å²) in [4.78, 5) is 0. The highest BCUT2D eigenvalue weighted by molar-refractivity contribution is 5.27. The first kappa shape index (κ1) is 14.8. The predicted octanol–water partition coefficient (Wildman–Crippen LogP) is 2.71. The van der Waals surface area contributed by atoms with Crippen molar-refractivity contribution in [2.24, 2.45) is 12.8 Å². The minimum absolute atomic E-state index is 0.143. The molecule has 0 aliphatic rings. The summed E-state index contributed by atoms with van der Waals surface area (Å²) >= 11 is 0. The molecule has 2 rings (SSSR count). The average molecular weight is 271 g/mol. The van der Waals surface area contributed by atoms with Crippen LogP contribution in [0.4, 0.5) is 0 Å². The Balaban J connectivity index is 2.02. The minimum atomic E-state index is 0.143. The van der Waals surface area contributed by atoms with Crippen molar-refractivity contribution in [3.63, 3.8) is 0 Å². The number of rotatable bonds is 5. The maximum Gasteiger partial charge on any atom is 0.0628 e. The van der Waals surface area contributed by atoms with Crippen molar-refractivity contribution in [3.05, 3.63) is 52.3 Å². The zero-order valence-electron chi connectivity index (χ0n) is 13.0. The van der Waals surface area contributed by atoms with Gasteiger partial charge in [0.2, 0.25) is 0 Å². The van der Waals surface area contributed by atoms with Gasteiger partial charge in [0.25, 0.3) is 0 Å². The van der Waals surface area contributed by atoms with Crippen LogP contribution in [0.25, 0.3) is 0 Å². The summed E-state index contributed by atoms with van der Waals surface area (Å²) in [5.74, 6) is 0. The van der Waals surface area contributed by atoms with Gasteiger partial charge < -0.3 is 5.73 Å². The second-order valence-corrected chi connectivity index (χ2v) is 5.61. The highest BCUT2D eigenvalue weighted by atomic mass is 15.3. The molecule has 0 fully saturated rings. The maximum atomic E-state index is 6.32. The first-order valence-corrected chi connectivity index (χ1v) is 7.33. The summed E-state index contributed by atoms with van der Waals surface area (Å²) in [6.45, 7) is 6.35. The maximum absolute atomic E-state index is 6.32. The third kappa shape index (κ3) is 3.28. The zero-order valence-corrected chi connectivity index (χ0v) is 13.0. The van der Waals surface area contributed by atoms with Gasteiger partial charge in [0.15, 0.2) is 0 Å². The molecule has 0 bridgehead atoms. The quantitative estimate of drug-likeness (QED) is 0.908. The van der Waals surface area contributed by atoms with E-state index in [0.29, 0.717) is 0 Å². The third-order valence-corrected chi connectivity index (χ3v) is 4.05. The Morgan fingerprint density at radius 1 is 1.10 bits per heavy atom. The molecule has 1 atom stereocenters. The molecule has 0 radical (unpaired) electrons. The molecule has 0 amide bonds. The van der Waals surface area contributed by atoms with Gasteiger partial charge in [-0.05, 0) is 49.8 Å². The van der Waals surface area contributed by atoms with Gasteiger partial charge in [0, 0.05) is 18.8 Å². The Labute approximate surface area is 121 Å². The molecule has 0 aliphatic carbocycles. The topological polar surface area (TPSA) is 43.8 Å². The van der Waals surface area contributed by atoms with Crippen LogP contribution in [-0.4, -0.2) is 15.8 Å². The van der Waals surface area contributed by atoms with E-state index in [1.54, 1.807) is 0 Å². The SMILES string of the molecule is CCc1ccc(CC(N)Cc2c(C)nn(C)c2C)cc1. The number of nitrogens with two attached hydrogens (primary N) is 1. The smallest absolute Gasteiger partial charge is 0.0628 e. The van der Waals surface area contributed by atoms with Gasteiger partial charge in [-0.15, -0.1) is 0 Å². The molecule has 0 saturated heterocycles. The van der Waals surface area contributed by atoms with E-state index in [0.717, 1.165) is 25.0 Å². The average Bonchev–Trinajstić information content (AvgIpc) is 2.66. The monoisotopic (exact) mass is 271 g/mol. The molecule has 1 unspecified atom stereocenters. The van der Waals surface area contributed by atoms with E-state index in [4.69, 9.17) is 5.73 Å². The first-order chi connectivity index (χ1) is 9.51. The molecule has 1 heterocycles. The third-order valence-electron chi connectivity index (χ3n) is 4.05. The zero-order chi connectivity index (χ0) is 14.7. The molecule has 20 heavy (non-hydrogen) atoms. The first-order valence-electron chi connectivity index (χ1n) is 7.33. The van der Waals surface area contributed by atoms with Crippen molar-refractivity contribution in [1.82, 2.24) is 9.78 Å². The number of aryl methyl sites for hydroxylation is 3. The molecule has 0 saturated carbocycles. The Morgan fingerprint density at radius 2 is 1.70 bits per heavy atom. The number of hydrogen-bond donors (Lipinski definition) is 1. The lowest BCUT2D eigenvalue weighted by molar-refractivity contribution is 0.658. The van der Waals surface area contributed by atoms with Crippen LogP contribution >= 0.6 is 0 Å². The molecule has 0 aliphatic heterocycles. The lowest BCUT2D eigenvalue weighted by Crippen LogP contribution is -2.26.